The van der Waals surface area contributed by atoms with Gasteiger partial charge in [-0.3, -0.25) is 18.7 Å². The highest BCUT2D eigenvalue weighted by atomic mass is 19.1. The molecule has 0 aliphatic heterocycles. The van der Waals surface area contributed by atoms with Crippen LogP contribution in [0.5, 0.6) is 0 Å². The highest BCUT2D eigenvalue weighted by Crippen LogP contribution is 2.13. The zero-order valence-electron chi connectivity index (χ0n) is 14.6. The topological polar surface area (TPSA) is 90.9 Å². The van der Waals surface area contributed by atoms with E-state index >= 15 is 0 Å². The Morgan fingerprint density at radius 1 is 1.19 bits per heavy atom. The van der Waals surface area contributed by atoms with Gasteiger partial charge in [-0.2, -0.15) is 0 Å². The summed E-state index contributed by atoms with van der Waals surface area (Å²) in [7, 11) is 2.89. The lowest BCUT2D eigenvalue weighted by molar-refractivity contribution is -0.123. The highest BCUT2D eigenvalue weighted by Gasteiger charge is 2.21. The van der Waals surface area contributed by atoms with Crippen LogP contribution in [0.1, 0.15) is 18.5 Å². The van der Waals surface area contributed by atoms with Crippen molar-refractivity contribution >= 4 is 17.1 Å². The second-order valence-corrected chi connectivity index (χ2v) is 6.05. The van der Waals surface area contributed by atoms with Crippen molar-refractivity contribution in [1.29, 1.82) is 0 Å². The van der Waals surface area contributed by atoms with E-state index < -0.39 is 17.3 Å². The molecule has 0 saturated carbocycles. The first-order valence-electron chi connectivity index (χ1n) is 7.96. The Kier molecular flexibility index (Phi) is 4.45. The third-order valence-electron chi connectivity index (χ3n) is 4.35. The van der Waals surface area contributed by atoms with E-state index in [0.717, 1.165) is 10.1 Å². The average molecular weight is 359 g/mol. The predicted octanol–water partition coefficient (Wildman–Crippen LogP) is 0.450. The Labute approximate surface area is 147 Å². The number of amides is 1. The van der Waals surface area contributed by atoms with Crippen molar-refractivity contribution in [3.05, 3.63) is 62.8 Å². The van der Waals surface area contributed by atoms with Gasteiger partial charge in [0.05, 0.1) is 6.33 Å². The van der Waals surface area contributed by atoms with E-state index in [1.807, 2.05) is 0 Å². The molecule has 0 aliphatic rings. The van der Waals surface area contributed by atoms with Crippen LogP contribution in [0.15, 0.2) is 40.2 Å². The maximum Gasteiger partial charge on any atom is 0.332 e. The summed E-state index contributed by atoms with van der Waals surface area (Å²) in [5, 5.41) is 2.74. The standard InChI is InChI=1S/C17H18FN5O3/c1-10(15(24)19-8-11-4-6-12(18)7-5-11)23-9-20-14-13(23)16(25)22(3)17(26)21(14)2/h4-7,9-10H,8H2,1-3H3,(H,19,24). The summed E-state index contributed by atoms with van der Waals surface area (Å²) in [4.78, 5) is 41.0. The fraction of sp³-hybridized carbons (Fsp3) is 0.294. The molecule has 0 saturated heterocycles. The SMILES string of the molecule is CC(C(=O)NCc1ccc(F)cc1)n1cnc2c1c(=O)n(C)c(=O)n2C. The van der Waals surface area contributed by atoms with Gasteiger partial charge < -0.3 is 9.88 Å². The molecule has 3 rings (SSSR count). The summed E-state index contributed by atoms with van der Waals surface area (Å²) in [6, 6.07) is 5.08. The number of benzene rings is 1. The molecule has 0 fully saturated rings. The van der Waals surface area contributed by atoms with Gasteiger partial charge in [-0.05, 0) is 24.6 Å². The number of imidazole rings is 1. The molecule has 2 heterocycles. The predicted molar refractivity (Wildman–Crippen MR) is 93.2 cm³/mol. The first-order chi connectivity index (χ1) is 12.3. The molecular weight excluding hydrogens is 341 g/mol. The van der Waals surface area contributed by atoms with Gasteiger partial charge in [0.15, 0.2) is 11.2 Å². The second-order valence-electron chi connectivity index (χ2n) is 6.05. The molecule has 0 aliphatic carbocycles. The van der Waals surface area contributed by atoms with Crippen molar-refractivity contribution in [2.75, 3.05) is 0 Å². The summed E-state index contributed by atoms with van der Waals surface area (Å²) in [5.74, 6) is -0.677. The monoisotopic (exact) mass is 359 g/mol. The summed E-state index contributed by atoms with van der Waals surface area (Å²) in [6.45, 7) is 1.86. The third-order valence-corrected chi connectivity index (χ3v) is 4.35. The van der Waals surface area contributed by atoms with Crippen molar-refractivity contribution in [1.82, 2.24) is 24.0 Å². The van der Waals surface area contributed by atoms with E-state index in [9.17, 15) is 18.8 Å². The summed E-state index contributed by atoms with van der Waals surface area (Å²) < 4.78 is 16.6. The lowest BCUT2D eigenvalue weighted by Crippen LogP contribution is -2.38. The Morgan fingerprint density at radius 2 is 1.85 bits per heavy atom. The molecule has 1 atom stereocenters. The Bertz CT molecular complexity index is 1090. The minimum atomic E-state index is -0.717. The van der Waals surface area contributed by atoms with E-state index in [-0.39, 0.29) is 29.4 Å². The van der Waals surface area contributed by atoms with Crippen LogP contribution in [-0.4, -0.2) is 24.6 Å². The minimum Gasteiger partial charge on any atom is -0.350 e. The van der Waals surface area contributed by atoms with Crippen LogP contribution in [-0.2, 0) is 25.4 Å². The minimum absolute atomic E-state index is 0.180. The summed E-state index contributed by atoms with van der Waals surface area (Å²) >= 11 is 0. The molecular formula is C17H18FN5O3. The van der Waals surface area contributed by atoms with Crippen molar-refractivity contribution in [3.63, 3.8) is 0 Å². The van der Waals surface area contributed by atoms with Crippen LogP contribution in [0, 0.1) is 5.82 Å². The molecule has 0 radical (unpaired) electrons. The molecule has 26 heavy (non-hydrogen) atoms. The second kappa shape index (κ2) is 6.58. The van der Waals surface area contributed by atoms with Gasteiger partial charge in [-0.25, -0.2) is 14.2 Å². The molecule has 9 heteroatoms. The fourth-order valence-electron chi connectivity index (χ4n) is 2.72. The van der Waals surface area contributed by atoms with Gasteiger partial charge in [-0.15, -0.1) is 0 Å². The van der Waals surface area contributed by atoms with Gasteiger partial charge in [-0.1, -0.05) is 12.1 Å². The Balaban J connectivity index is 1.89. The molecule has 1 N–H and O–H groups in total. The molecule has 1 amide bonds. The summed E-state index contributed by atoms with van der Waals surface area (Å²) in [5.41, 5.74) is 0.149. The van der Waals surface area contributed by atoms with Crippen LogP contribution in [0.4, 0.5) is 4.39 Å². The van der Waals surface area contributed by atoms with E-state index in [4.69, 9.17) is 0 Å². The van der Waals surface area contributed by atoms with Gasteiger partial charge in [0, 0.05) is 20.6 Å². The van der Waals surface area contributed by atoms with E-state index in [1.54, 1.807) is 19.1 Å². The smallest absolute Gasteiger partial charge is 0.332 e. The fourth-order valence-corrected chi connectivity index (χ4v) is 2.72. The van der Waals surface area contributed by atoms with Gasteiger partial charge >= 0.3 is 5.69 Å². The largest absolute Gasteiger partial charge is 0.350 e. The number of fused-ring (bicyclic) bond motifs is 1. The molecule has 136 valence electrons. The molecule has 1 aromatic carbocycles. The molecule has 8 nitrogen and oxygen atoms in total. The number of carbonyl (C=O) groups excluding carboxylic acids is 1. The quantitative estimate of drug-likeness (QED) is 0.732. The zero-order valence-corrected chi connectivity index (χ0v) is 14.6. The Morgan fingerprint density at radius 3 is 2.50 bits per heavy atom. The van der Waals surface area contributed by atoms with Gasteiger partial charge in [0.25, 0.3) is 5.56 Å². The zero-order chi connectivity index (χ0) is 19.0. The maximum absolute atomic E-state index is 12.9. The highest BCUT2D eigenvalue weighted by molar-refractivity contribution is 5.82. The molecule has 0 bridgehead atoms. The normalized spacial score (nSPS) is 12.3. The lowest BCUT2D eigenvalue weighted by atomic mass is 10.2. The number of rotatable bonds is 4. The molecule has 3 aromatic rings. The first kappa shape index (κ1) is 17.6. The number of aryl methyl sites for hydroxylation is 1. The van der Waals surface area contributed by atoms with Gasteiger partial charge in [0.2, 0.25) is 5.91 Å². The van der Waals surface area contributed by atoms with Crippen LogP contribution < -0.4 is 16.6 Å². The van der Waals surface area contributed by atoms with Gasteiger partial charge in [0.1, 0.15) is 11.9 Å². The van der Waals surface area contributed by atoms with E-state index in [2.05, 4.69) is 10.3 Å². The molecule has 0 spiro atoms. The van der Waals surface area contributed by atoms with Crippen LogP contribution in [0.25, 0.3) is 11.2 Å². The number of hydrogen-bond acceptors (Lipinski definition) is 4. The number of carbonyl (C=O) groups is 1. The van der Waals surface area contributed by atoms with Crippen molar-refractivity contribution in [2.24, 2.45) is 14.1 Å². The number of nitrogens with one attached hydrogen (secondary N) is 1. The van der Waals surface area contributed by atoms with Crippen LogP contribution in [0.2, 0.25) is 0 Å². The van der Waals surface area contributed by atoms with Crippen molar-refractivity contribution < 1.29 is 9.18 Å². The van der Waals surface area contributed by atoms with Crippen molar-refractivity contribution in [3.8, 4) is 0 Å². The maximum atomic E-state index is 12.9. The number of halogens is 1. The number of hydrogen-bond donors (Lipinski definition) is 1. The van der Waals surface area contributed by atoms with E-state index in [0.29, 0.717) is 0 Å². The molecule has 1 unspecified atom stereocenters. The Hall–Kier alpha value is -3.23. The lowest BCUT2D eigenvalue weighted by Gasteiger charge is -2.15. The third kappa shape index (κ3) is 2.92. The van der Waals surface area contributed by atoms with E-state index in [1.165, 1.54) is 41.7 Å². The first-order valence-corrected chi connectivity index (χ1v) is 7.96. The van der Waals surface area contributed by atoms with Crippen LogP contribution >= 0.6 is 0 Å². The molecule has 2 aromatic heterocycles. The number of aromatic nitrogens is 4. The number of nitrogens with zero attached hydrogens (tertiary/aromatic N) is 4. The van der Waals surface area contributed by atoms with Crippen molar-refractivity contribution in [2.45, 2.75) is 19.5 Å². The summed E-state index contributed by atoms with van der Waals surface area (Å²) in [6.07, 6.45) is 1.37. The van der Waals surface area contributed by atoms with Crippen LogP contribution in [0.3, 0.4) is 0 Å². The average Bonchev–Trinajstić information content (AvgIpc) is 3.08.